The fourth-order valence-corrected chi connectivity index (χ4v) is 3.57. The van der Waals surface area contributed by atoms with Gasteiger partial charge >= 0.3 is 6.03 Å². The van der Waals surface area contributed by atoms with Crippen molar-refractivity contribution in [2.24, 2.45) is 0 Å². The van der Waals surface area contributed by atoms with Gasteiger partial charge in [0, 0.05) is 13.6 Å². The maximum absolute atomic E-state index is 13.2. The van der Waals surface area contributed by atoms with Crippen LogP contribution in [0.3, 0.4) is 0 Å². The average Bonchev–Trinajstić information content (AvgIpc) is 2.79. The minimum absolute atomic E-state index is 0.214. The molecule has 0 atom stereocenters. The molecule has 0 radical (unpaired) electrons. The molecule has 1 aliphatic heterocycles. The normalized spacial score (nSPS) is 19.2. The molecule has 3 rings (SSSR count). The highest BCUT2D eigenvalue weighted by Crippen LogP contribution is 2.33. The summed E-state index contributed by atoms with van der Waals surface area (Å²) in [7, 11) is 1.57. The highest BCUT2D eigenvalue weighted by atomic mass is 19.1. The van der Waals surface area contributed by atoms with Gasteiger partial charge in [-0.3, -0.25) is 14.5 Å². The predicted molar refractivity (Wildman–Crippen MR) is 88.9 cm³/mol. The monoisotopic (exact) mass is 347 g/mol. The Morgan fingerprint density at radius 2 is 2.00 bits per heavy atom. The van der Waals surface area contributed by atoms with Gasteiger partial charge in [-0.15, -0.1) is 0 Å². The molecule has 1 saturated carbocycles. The molecule has 2 aliphatic rings. The van der Waals surface area contributed by atoms with E-state index in [0.29, 0.717) is 18.4 Å². The summed E-state index contributed by atoms with van der Waals surface area (Å²) >= 11 is 0. The number of hydrogen-bond acceptors (Lipinski definition) is 3. The van der Waals surface area contributed by atoms with Gasteiger partial charge in [-0.25, -0.2) is 9.18 Å². The van der Waals surface area contributed by atoms with E-state index in [1.165, 1.54) is 17.0 Å². The quantitative estimate of drug-likeness (QED) is 0.848. The third-order valence-corrected chi connectivity index (χ3v) is 4.98. The van der Waals surface area contributed by atoms with E-state index in [0.717, 1.165) is 24.2 Å². The van der Waals surface area contributed by atoms with Crippen LogP contribution < -0.4 is 5.32 Å². The number of urea groups is 1. The predicted octanol–water partition coefficient (Wildman–Crippen LogP) is 2.04. The number of carbonyl (C=O) groups is 3. The molecular weight excluding hydrogens is 325 g/mol. The van der Waals surface area contributed by atoms with Gasteiger partial charge in [-0.1, -0.05) is 31.4 Å². The Morgan fingerprint density at radius 3 is 2.68 bits per heavy atom. The Kier molecular flexibility index (Phi) is 4.74. The van der Waals surface area contributed by atoms with Crippen molar-refractivity contribution < 1.29 is 18.8 Å². The summed E-state index contributed by atoms with van der Waals surface area (Å²) < 4.78 is 13.2. The van der Waals surface area contributed by atoms with Crippen molar-refractivity contribution in [2.75, 3.05) is 13.6 Å². The summed E-state index contributed by atoms with van der Waals surface area (Å²) in [5.74, 6) is -1.03. The molecule has 1 aliphatic carbocycles. The molecule has 1 aromatic rings. The number of hydrogen-bond donors (Lipinski definition) is 1. The van der Waals surface area contributed by atoms with E-state index in [1.807, 2.05) is 0 Å². The topological polar surface area (TPSA) is 69.7 Å². The van der Waals surface area contributed by atoms with Gasteiger partial charge in [-0.05, 0) is 30.5 Å². The van der Waals surface area contributed by atoms with E-state index in [1.54, 1.807) is 19.2 Å². The van der Waals surface area contributed by atoms with Crippen LogP contribution >= 0.6 is 0 Å². The van der Waals surface area contributed by atoms with Crippen molar-refractivity contribution in [3.8, 4) is 0 Å². The SMILES string of the molecule is CN(Cc1cccc(F)c1)C(=O)CN1C(=O)NC2(CCCCC2)C1=O. The molecule has 0 unspecified atom stereocenters. The van der Waals surface area contributed by atoms with E-state index in [9.17, 15) is 18.8 Å². The van der Waals surface area contributed by atoms with Crippen molar-refractivity contribution in [3.63, 3.8) is 0 Å². The number of likely N-dealkylation sites (N-methyl/N-ethyl adjacent to an activating group) is 1. The molecular formula is C18H22FN3O3. The number of benzene rings is 1. The molecule has 1 spiro atoms. The summed E-state index contributed by atoms with van der Waals surface area (Å²) in [5, 5.41) is 2.79. The smallest absolute Gasteiger partial charge is 0.325 e. The van der Waals surface area contributed by atoms with Crippen LogP contribution in [-0.4, -0.2) is 46.8 Å². The molecule has 25 heavy (non-hydrogen) atoms. The van der Waals surface area contributed by atoms with Gasteiger partial charge < -0.3 is 10.2 Å². The minimum Gasteiger partial charge on any atom is -0.340 e. The standard InChI is InChI=1S/C18H22FN3O3/c1-21(11-13-6-5-7-14(19)10-13)15(23)12-22-16(24)18(20-17(22)25)8-3-2-4-9-18/h5-7,10H,2-4,8-9,11-12H2,1H3,(H,20,25). The number of halogens is 1. The zero-order valence-corrected chi connectivity index (χ0v) is 14.3. The molecule has 134 valence electrons. The second-order valence-corrected chi connectivity index (χ2v) is 6.84. The fourth-order valence-electron chi connectivity index (χ4n) is 3.57. The van der Waals surface area contributed by atoms with Crippen LogP contribution in [0.25, 0.3) is 0 Å². The van der Waals surface area contributed by atoms with Crippen LogP contribution in [-0.2, 0) is 16.1 Å². The molecule has 1 aromatic carbocycles. The number of nitrogens with zero attached hydrogens (tertiary/aromatic N) is 2. The molecule has 1 saturated heterocycles. The first-order valence-corrected chi connectivity index (χ1v) is 8.54. The van der Waals surface area contributed by atoms with Gasteiger partial charge in [0.25, 0.3) is 5.91 Å². The summed E-state index contributed by atoms with van der Waals surface area (Å²) in [6.07, 6.45) is 4.10. The van der Waals surface area contributed by atoms with Gasteiger partial charge in [0.1, 0.15) is 17.9 Å². The molecule has 0 bridgehead atoms. The van der Waals surface area contributed by atoms with Crippen LogP contribution in [0.1, 0.15) is 37.7 Å². The zero-order valence-electron chi connectivity index (χ0n) is 14.3. The lowest BCUT2D eigenvalue weighted by Gasteiger charge is -2.30. The van der Waals surface area contributed by atoms with E-state index in [2.05, 4.69) is 5.32 Å². The summed E-state index contributed by atoms with van der Waals surface area (Å²) in [4.78, 5) is 39.7. The Labute approximate surface area is 146 Å². The van der Waals surface area contributed by atoms with Crippen LogP contribution in [0.4, 0.5) is 9.18 Å². The number of carbonyl (C=O) groups excluding carboxylic acids is 3. The number of amides is 4. The lowest BCUT2D eigenvalue weighted by atomic mass is 9.82. The Balaban J connectivity index is 1.64. The number of rotatable bonds is 4. The van der Waals surface area contributed by atoms with Crippen LogP contribution in [0, 0.1) is 5.82 Å². The van der Waals surface area contributed by atoms with E-state index >= 15 is 0 Å². The molecule has 0 aromatic heterocycles. The largest absolute Gasteiger partial charge is 0.340 e. The minimum atomic E-state index is -0.823. The Hall–Kier alpha value is -2.44. The van der Waals surface area contributed by atoms with Gasteiger partial charge in [-0.2, -0.15) is 0 Å². The average molecular weight is 347 g/mol. The number of imide groups is 1. The first-order valence-electron chi connectivity index (χ1n) is 8.54. The van der Waals surface area contributed by atoms with E-state index in [4.69, 9.17) is 0 Å². The Morgan fingerprint density at radius 1 is 1.28 bits per heavy atom. The maximum atomic E-state index is 13.2. The van der Waals surface area contributed by atoms with Crippen molar-refractivity contribution in [3.05, 3.63) is 35.6 Å². The third kappa shape index (κ3) is 3.50. The van der Waals surface area contributed by atoms with E-state index in [-0.39, 0.29) is 30.7 Å². The summed E-state index contributed by atoms with van der Waals surface area (Å²) in [6.45, 7) is -0.0797. The van der Waals surface area contributed by atoms with Crippen LogP contribution in [0.2, 0.25) is 0 Å². The van der Waals surface area contributed by atoms with Gasteiger partial charge in [0.05, 0.1) is 0 Å². The first-order chi connectivity index (χ1) is 11.9. The van der Waals surface area contributed by atoms with Gasteiger partial charge in [0.15, 0.2) is 0 Å². The second kappa shape index (κ2) is 6.82. The van der Waals surface area contributed by atoms with Crippen molar-refractivity contribution >= 4 is 17.8 Å². The molecule has 1 heterocycles. The molecule has 4 amide bonds. The number of nitrogens with one attached hydrogen (secondary N) is 1. The maximum Gasteiger partial charge on any atom is 0.325 e. The van der Waals surface area contributed by atoms with Gasteiger partial charge in [0.2, 0.25) is 5.91 Å². The van der Waals surface area contributed by atoms with Crippen LogP contribution in [0.5, 0.6) is 0 Å². The third-order valence-electron chi connectivity index (χ3n) is 4.98. The lowest BCUT2D eigenvalue weighted by molar-refractivity contribution is -0.139. The van der Waals surface area contributed by atoms with Crippen molar-refractivity contribution in [1.29, 1.82) is 0 Å². The fraction of sp³-hybridized carbons (Fsp3) is 0.500. The summed E-state index contributed by atoms with van der Waals surface area (Å²) in [5.41, 5.74) is -0.173. The highest BCUT2D eigenvalue weighted by Gasteiger charge is 2.51. The highest BCUT2D eigenvalue weighted by molar-refractivity contribution is 6.09. The Bertz CT molecular complexity index is 701. The first kappa shape index (κ1) is 17.4. The molecule has 7 heteroatoms. The molecule has 2 fully saturated rings. The van der Waals surface area contributed by atoms with Crippen molar-refractivity contribution in [2.45, 2.75) is 44.2 Å². The zero-order chi connectivity index (χ0) is 18.0. The van der Waals surface area contributed by atoms with Crippen molar-refractivity contribution in [1.82, 2.24) is 15.1 Å². The van der Waals surface area contributed by atoms with Crippen LogP contribution in [0.15, 0.2) is 24.3 Å². The lowest BCUT2D eigenvalue weighted by Crippen LogP contribution is -2.49. The van der Waals surface area contributed by atoms with E-state index < -0.39 is 11.6 Å². The molecule has 1 N–H and O–H groups in total. The summed E-state index contributed by atoms with van der Waals surface area (Å²) in [6, 6.07) is 5.49. The molecule has 6 nitrogen and oxygen atoms in total. The second-order valence-electron chi connectivity index (χ2n) is 6.84.